The monoisotopic (exact) mass is 259 g/mol. The van der Waals surface area contributed by atoms with Crippen molar-refractivity contribution in [2.24, 2.45) is 0 Å². The van der Waals surface area contributed by atoms with Crippen molar-refractivity contribution in [1.29, 1.82) is 0 Å². The summed E-state index contributed by atoms with van der Waals surface area (Å²) >= 11 is 0. The van der Waals surface area contributed by atoms with Crippen molar-refractivity contribution >= 4 is 16.7 Å². The lowest BCUT2D eigenvalue weighted by atomic mass is 10.0. The van der Waals surface area contributed by atoms with E-state index in [0.717, 1.165) is 0 Å². The van der Waals surface area contributed by atoms with E-state index in [1.54, 1.807) is 0 Å². The highest BCUT2D eigenvalue weighted by atomic mass is 32.3. The molecule has 0 aliphatic heterocycles. The van der Waals surface area contributed by atoms with Crippen LogP contribution < -0.4 is 0 Å². The summed E-state index contributed by atoms with van der Waals surface area (Å²) < 4.78 is 34.4. The van der Waals surface area contributed by atoms with Crippen molar-refractivity contribution in [3.8, 4) is 0 Å². The Labute approximate surface area is 90.9 Å². The van der Waals surface area contributed by atoms with Crippen LogP contribution in [0.15, 0.2) is 0 Å². The molecule has 0 heterocycles. The van der Waals surface area contributed by atoms with Crippen LogP contribution in [0.1, 0.15) is 0 Å². The summed E-state index contributed by atoms with van der Waals surface area (Å²) in [6.45, 7) is -1.04. The fraction of sp³-hybridized carbons (Fsp3) is 0.833. The zero-order valence-corrected chi connectivity index (χ0v) is 8.65. The molecule has 16 heavy (non-hydrogen) atoms. The average Bonchev–Trinajstić information content (AvgIpc) is 2.21. The van der Waals surface area contributed by atoms with E-state index < -0.39 is 41.4 Å². The van der Waals surface area contributed by atoms with E-state index in [4.69, 9.17) is 20.4 Å². The van der Waals surface area contributed by atoms with Gasteiger partial charge in [0, 0.05) is 0 Å². The summed E-state index contributed by atoms with van der Waals surface area (Å²) in [6, 6.07) is 0. The lowest BCUT2D eigenvalue weighted by molar-refractivity contribution is -0.133. The van der Waals surface area contributed by atoms with E-state index in [9.17, 15) is 17.8 Å². The van der Waals surface area contributed by atoms with Crippen LogP contribution in [0.25, 0.3) is 0 Å². The minimum Gasteiger partial charge on any atom is -0.726 e. The highest BCUT2D eigenvalue weighted by Crippen LogP contribution is 2.11. The smallest absolute Gasteiger partial charge is 0.218 e. The highest BCUT2D eigenvalue weighted by Gasteiger charge is 2.34. The molecule has 0 fully saturated rings. The standard InChI is InChI=1S/C6H12O9S/c7-1-3(9)5(11)6(4(10)2-8)15-16(12,13)14/h1,3-6,8-11H,2H2,(H,12,13,14)/p-1/t3-,4+,5+,6-/m0/s1. The molecule has 10 heteroatoms. The van der Waals surface area contributed by atoms with Crippen molar-refractivity contribution in [1.82, 2.24) is 0 Å². The third kappa shape index (κ3) is 4.94. The van der Waals surface area contributed by atoms with Crippen LogP contribution in [0.2, 0.25) is 0 Å². The summed E-state index contributed by atoms with van der Waals surface area (Å²) in [6.07, 6.45) is -8.46. The topological polar surface area (TPSA) is 164 Å². The van der Waals surface area contributed by atoms with Crippen LogP contribution in [0, 0.1) is 0 Å². The Balaban J connectivity index is 4.86. The predicted molar refractivity (Wildman–Crippen MR) is 45.7 cm³/mol. The molecule has 0 bridgehead atoms. The van der Waals surface area contributed by atoms with E-state index in [-0.39, 0.29) is 6.29 Å². The second kappa shape index (κ2) is 6.20. The lowest BCUT2D eigenvalue weighted by Gasteiger charge is -2.28. The molecular weight excluding hydrogens is 248 g/mol. The van der Waals surface area contributed by atoms with Gasteiger partial charge in [-0.2, -0.15) is 0 Å². The van der Waals surface area contributed by atoms with Gasteiger partial charge in [0.05, 0.1) is 6.61 Å². The van der Waals surface area contributed by atoms with Gasteiger partial charge in [-0.05, 0) is 0 Å². The van der Waals surface area contributed by atoms with Gasteiger partial charge in [0.1, 0.15) is 24.4 Å². The average molecular weight is 259 g/mol. The molecule has 0 saturated carbocycles. The number of aliphatic hydroxyl groups is 4. The molecule has 0 aromatic rings. The summed E-state index contributed by atoms with van der Waals surface area (Å²) in [5, 5.41) is 35.5. The van der Waals surface area contributed by atoms with E-state index >= 15 is 0 Å². The van der Waals surface area contributed by atoms with Gasteiger partial charge in [0.15, 0.2) is 6.29 Å². The van der Waals surface area contributed by atoms with Crippen LogP contribution in [0.5, 0.6) is 0 Å². The Bertz CT molecular complexity index is 312. The molecule has 0 aromatic carbocycles. The number of carbonyl (C=O) groups excluding carboxylic acids is 1. The fourth-order valence-electron chi connectivity index (χ4n) is 0.863. The van der Waals surface area contributed by atoms with E-state index in [0.29, 0.717) is 0 Å². The minimum absolute atomic E-state index is 0.150. The quantitative estimate of drug-likeness (QED) is 0.203. The van der Waals surface area contributed by atoms with Crippen LogP contribution in [0.3, 0.4) is 0 Å². The molecule has 0 amide bonds. The van der Waals surface area contributed by atoms with E-state index in [2.05, 4.69) is 4.18 Å². The fourth-order valence-corrected chi connectivity index (χ4v) is 1.38. The maximum Gasteiger partial charge on any atom is 0.218 e. The van der Waals surface area contributed by atoms with Gasteiger partial charge < -0.3 is 29.8 Å². The van der Waals surface area contributed by atoms with Gasteiger partial charge >= 0.3 is 0 Å². The molecule has 0 saturated heterocycles. The summed E-state index contributed by atoms with van der Waals surface area (Å²) in [5.41, 5.74) is 0. The number of hydrogen-bond acceptors (Lipinski definition) is 9. The molecule has 4 N–H and O–H groups in total. The molecule has 9 nitrogen and oxygen atoms in total. The van der Waals surface area contributed by atoms with Crippen LogP contribution >= 0.6 is 0 Å². The third-order valence-corrected chi connectivity index (χ3v) is 2.08. The molecule has 96 valence electrons. The van der Waals surface area contributed by atoms with Crippen molar-refractivity contribution in [2.75, 3.05) is 6.61 Å². The highest BCUT2D eigenvalue weighted by molar-refractivity contribution is 7.80. The van der Waals surface area contributed by atoms with Crippen molar-refractivity contribution in [3.63, 3.8) is 0 Å². The Morgan fingerprint density at radius 1 is 1.31 bits per heavy atom. The summed E-state index contributed by atoms with van der Waals surface area (Å²) in [7, 11) is -5.27. The Kier molecular flexibility index (Phi) is 5.96. The second-order valence-corrected chi connectivity index (χ2v) is 3.85. The summed E-state index contributed by atoms with van der Waals surface area (Å²) in [5.74, 6) is 0. The first-order valence-electron chi connectivity index (χ1n) is 3.97. The lowest BCUT2D eigenvalue weighted by Crippen LogP contribution is -2.48. The van der Waals surface area contributed by atoms with Gasteiger partial charge in [-0.25, -0.2) is 8.42 Å². The molecule has 4 atom stereocenters. The van der Waals surface area contributed by atoms with Crippen molar-refractivity contribution in [3.05, 3.63) is 0 Å². The van der Waals surface area contributed by atoms with Gasteiger partial charge in [-0.1, -0.05) is 0 Å². The third-order valence-electron chi connectivity index (χ3n) is 1.62. The first-order chi connectivity index (χ1) is 7.22. The van der Waals surface area contributed by atoms with Crippen LogP contribution in [0.4, 0.5) is 0 Å². The van der Waals surface area contributed by atoms with E-state index in [1.807, 2.05) is 0 Å². The largest absolute Gasteiger partial charge is 0.726 e. The molecule has 0 spiro atoms. The zero-order chi connectivity index (χ0) is 12.9. The van der Waals surface area contributed by atoms with Crippen LogP contribution in [-0.2, 0) is 19.4 Å². The SMILES string of the molecule is O=C[C@H](O)[C@@H](O)[C@@H](OS(=O)(=O)[O-])[C@H](O)CO. The molecule has 0 aliphatic rings. The van der Waals surface area contributed by atoms with Gasteiger partial charge in [-0.15, -0.1) is 0 Å². The van der Waals surface area contributed by atoms with Crippen molar-refractivity contribution in [2.45, 2.75) is 24.4 Å². The van der Waals surface area contributed by atoms with Gasteiger partial charge in [0.25, 0.3) is 0 Å². The number of aldehydes is 1. The first-order valence-corrected chi connectivity index (χ1v) is 5.30. The molecule has 0 aliphatic carbocycles. The molecule has 0 radical (unpaired) electrons. The predicted octanol–water partition coefficient (Wildman–Crippen LogP) is -3.89. The molecule has 0 aromatic heterocycles. The number of aliphatic hydroxyl groups excluding tert-OH is 4. The number of carbonyl (C=O) groups is 1. The Morgan fingerprint density at radius 2 is 1.81 bits per heavy atom. The Morgan fingerprint density at radius 3 is 2.12 bits per heavy atom. The maximum atomic E-state index is 10.2. The van der Waals surface area contributed by atoms with Gasteiger partial charge in [-0.3, -0.25) is 4.18 Å². The van der Waals surface area contributed by atoms with Gasteiger partial charge in [0.2, 0.25) is 10.4 Å². The summed E-state index contributed by atoms with van der Waals surface area (Å²) in [4.78, 5) is 10.1. The molecule has 0 rings (SSSR count). The normalized spacial score (nSPS) is 19.8. The zero-order valence-electron chi connectivity index (χ0n) is 7.83. The first kappa shape index (κ1) is 15.4. The maximum absolute atomic E-state index is 10.2. The van der Waals surface area contributed by atoms with Crippen LogP contribution in [-0.4, -0.2) is 70.7 Å². The minimum atomic E-state index is -5.27. The number of rotatable bonds is 7. The molecule has 0 unspecified atom stereocenters. The Hall–Kier alpha value is -0.620. The van der Waals surface area contributed by atoms with E-state index in [1.165, 1.54) is 0 Å². The number of hydrogen-bond donors (Lipinski definition) is 4. The van der Waals surface area contributed by atoms with Crippen molar-refractivity contribution < 1.29 is 42.4 Å². The second-order valence-electron chi connectivity index (χ2n) is 2.84. The molecular formula is C6H11O9S-.